The number of halogens is 1. The van der Waals surface area contributed by atoms with Crippen LogP contribution in [0.1, 0.15) is 38.5 Å². The van der Waals surface area contributed by atoms with Gasteiger partial charge in [-0.3, -0.25) is 9.79 Å². The number of esters is 1. The lowest BCUT2D eigenvalue weighted by molar-refractivity contribution is -0.140. The summed E-state index contributed by atoms with van der Waals surface area (Å²) >= 11 is 1.96. The minimum Gasteiger partial charge on any atom is -0.469 e. The Hall–Kier alpha value is -0.180. The number of nitrogens with zero attached hydrogens (tertiary/aromatic N) is 1. The molecule has 0 amide bonds. The van der Waals surface area contributed by atoms with Gasteiger partial charge in [0, 0.05) is 31.3 Å². The second-order valence-corrected chi connectivity index (χ2v) is 6.18. The van der Waals surface area contributed by atoms with Gasteiger partial charge in [0.1, 0.15) is 0 Å². The zero-order valence-electron chi connectivity index (χ0n) is 13.2. The molecule has 0 spiro atoms. The highest BCUT2D eigenvalue weighted by molar-refractivity contribution is 14.0. The molecule has 0 aliphatic heterocycles. The molecule has 1 aliphatic carbocycles. The maximum atomic E-state index is 11.0. The van der Waals surface area contributed by atoms with E-state index in [1.807, 2.05) is 11.8 Å². The van der Waals surface area contributed by atoms with Crippen molar-refractivity contribution in [3.05, 3.63) is 0 Å². The summed E-state index contributed by atoms with van der Waals surface area (Å²) in [5.41, 5.74) is 0. The van der Waals surface area contributed by atoms with E-state index in [4.69, 9.17) is 0 Å². The number of methoxy groups -OCH3 is 1. The first-order valence-electron chi connectivity index (χ1n) is 7.26. The summed E-state index contributed by atoms with van der Waals surface area (Å²) in [7, 11) is 3.22. The highest BCUT2D eigenvalue weighted by Crippen LogP contribution is 2.27. The summed E-state index contributed by atoms with van der Waals surface area (Å²) in [5.74, 6) is 0.733. The molecule has 7 heteroatoms. The molecule has 1 saturated carbocycles. The van der Waals surface area contributed by atoms with Crippen molar-refractivity contribution in [1.29, 1.82) is 0 Å². The molecule has 0 aromatic rings. The third-order valence-electron chi connectivity index (χ3n) is 3.61. The quantitative estimate of drug-likeness (QED) is 0.214. The Morgan fingerprint density at radius 1 is 1.38 bits per heavy atom. The predicted molar refractivity (Wildman–Crippen MR) is 101 cm³/mol. The Bertz CT molecular complexity index is 329. The van der Waals surface area contributed by atoms with Crippen LogP contribution in [0.15, 0.2) is 4.99 Å². The van der Waals surface area contributed by atoms with Crippen molar-refractivity contribution in [3.8, 4) is 0 Å². The van der Waals surface area contributed by atoms with Crippen molar-refractivity contribution in [3.63, 3.8) is 0 Å². The van der Waals surface area contributed by atoms with Gasteiger partial charge in [-0.2, -0.15) is 11.8 Å². The first kappa shape index (κ1) is 20.8. The Morgan fingerprint density at radius 3 is 2.71 bits per heavy atom. The summed E-state index contributed by atoms with van der Waals surface area (Å²) < 4.78 is 4.61. The lowest BCUT2D eigenvalue weighted by Crippen LogP contribution is -2.42. The molecule has 0 heterocycles. The zero-order chi connectivity index (χ0) is 14.8. The van der Waals surface area contributed by atoms with Gasteiger partial charge in [0.05, 0.1) is 7.11 Å². The maximum absolute atomic E-state index is 11.0. The van der Waals surface area contributed by atoms with Crippen LogP contribution in [0.2, 0.25) is 0 Å². The Morgan fingerprint density at radius 2 is 2.14 bits per heavy atom. The molecule has 0 aromatic heterocycles. The smallest absolute Gasteiger partial charge is 0.305 e. The van der Waals surface area contributed by atoms with Crippen LogP contribution in [0.5, 0.6) is 0 Å². The molecule has 21 heavy (non-hydrogen) atoms. The Balaban J connectivity index is 0.00000400. The van der Waals surface area contributed by atoms with Crippen molar-refractivity contribution < 1.29 is 9.53 Å². The second-order valence-electron chi connectivity index (χ2n) is 5.04. The summed E-state index contributed by atoms with van der Waals surface area (Å²) in [6, 6.07) is 0.536. The molecular weight excluding hydrogens is 401 g/mol. The number of nitrogens with one attached hydrogen (secondary N) is 2. The number of unbranched alkanes of at least 4 members (excludes halogenated alkanes) is 1. The number of carbonyl (C=O) groups excluding carboxylic acids is 1. The third kappa shape index (κ3) is 8.75. The largest absolute Gasteiger partial charge is 0.469 e. The molecular formula is C14H28IN3O2S. The molecule has 1 aliphatic rings. The molecule has 1 rings (SSSR count). The molecule has 2 atom stereocenters. The van der Waals surface area contributed by atoms with Gasteiger partial charge in [0.2, 0.25) is 0 Å². The minimum absolute atomic E-state index is 0. The van der Waals surface area contributed by atoms with E-state index in [1.54, 1.807) is 7.05 Å². The zero-order valence-corrected chi connectivity index (χ0v) is 16.3. The summed E-state index contributed by atoms with van der Waals surface area (Å²) in [5, 5.41) is 7.56. The number of hydrogen-bond acceptors (Lipinski definition) is 4. The van der Waals surface area contributed by atoms with Crippen molar-refractivity contribution >= 4 is 47.7 Å². The number of rotatable bonds is 7. The van der Waals surface area contributed by atoms with E-state index in [0.29, 0.717) is 12.5 Å². The van der Waals surface area contributed by atoms with Crippen LogP contribution in [-0.2, 0) is 9.53 Å². The molecule has 0 radical (unpaired) electrons. The second kappa shape index (κ2) is 12.4. The lowest BCUT2D eigenvalue weighted by Gasteiger charge is -2.17. The van der Waals surface area contributed by atoms with Crippen LogP contribution in [0, 0.1) is 0 Å². The highest BCUT2D eigenvalue weighted by atomic mass is 127. The van der Waals surface area contributed by atoms with Crippen LogP contribution < -0.4 is 10.6 Å². The fourth-order valence-corrected chi connectivity index (χ4v) is 3.17. The topological polar surface area (TPSA) is 62.7 Å². The molecule has 0 saturated heterocycles. The number of hydrogen-bond donors (Lipinski definition) is 2. The van der Waals surface area contributed by atoms with E-state index in [-0.39, 0.29) is 29.9 Å². The van der Waals surface area contributed by atoms with Crippen molar-refractivity contribution in [2.45, 2.75) is 49.8 Å². The van der Waals surface area contributed by atoms with E-state index in [0.717, 1.165) is 30.6 Å². The Kier molecular flexibility index (Phi) is 12.3. The van der Waals surface area contributed by atoms with Gasteiger partial charge in [-0.1, -0.05) is 0 Å². The lowest BCUT2D eigenvalue weighted by atomic mass is 10.2. The molecule has 2 unspecified atom stereocenters. The summed E-state index contributed by atoms with van der Waals surface area (Å²) in [6.07, 6.45) is 8.17. The van der Waals surface area contributed by atoms with E-state index in [2.05, 4.69) is 26.6 Å². The van der Waals surface area contributed by atoms with Crippen molar-refractivity contribution in [2.24, 2.45) is 4.99 Å². The van der Waals surface area contributed by atoms with Crippen LogP contribution in [-0.4, -0.2) is 50.2 Å². The maximum Gasteiger partial charge on any atom is 0.305 e. The van der Waals surface area contributed by atoms with Crippen molar-refractivity contribution in [1.82, 2.24) is 10.6 Å². The number of ether oxygens (including phenoxy) is 1. The highest BCUT2D eigenvalue weighted by Gasteiger charge is 2.24. The Labute approximate surface area is 149 Å². The molecule has 0 aromatic carbocycles. The molecule has 5 nitrogen and oxygen atoms in total. The summed E-state index contributed by atoms with van der Waals surface area (Å²) in [4.78, 5) is 15.2. The third-order valence-corrected chi connectivity index (χ3v) is 4.70. The van der Waals surface area contributed by atoms with Crippen LogP contribution in [0.3, 0.4) is 0 Å². The first-order valence-corrected chi connectivity index (χ1v) is 8.55. The van der Waals surface area contributed by atoms with E-state index in [9.17, 15) is 4.79 Å². The SMILES string of the molecule is CN=C(NCCCCC(=O)OC)NC1CCC(SC)C1.I. The van der Waals surface area contributed by atoms with Gasteiger partial charge >= 0.3 is 5.97 Å². The normalized spacial score (nSPS) is 21.6. The van der Waals surface area contributed by atoms with Crippen molar-refractivity contribution in [2.75, 3.05) is 27.0 Å². The minimum atomic E-state index is -0.137. The van der Waals surface area contributed by atoms with Gasteiger partial charge in [-0.05, 0) is 38.4 Å². The van der Waals surface area contributed by atoms with Gasteiger partial charge in [0.15, 0.2) is 5.96 Å². The number of carbonyl (C=O) groups is 1. The number of guanidine groups is 1. The molecule has 1 fully saturated rings. The first-order chi connectivity index (χ1) is 9.69. The summed E-state index contributed by atoms with van der Waals surface area (Å²) in [6.45, 7) is 0.829. The molecule has 0 bridgehead atoms. The van der Waals surface area contributed by atoms with Crippen LogP contribution in [0.25, 0.3) is 0 Å². The van der Waals surface area contributed by atoms with Gasteiger partial charge in [-0.15, -0.1) is 24.0 Å². The van der Waals surface area contributed by atoms with Crippen LogP contribution >= 0.6 is 35.7 Å². The average Bonchev–Trinajstić information content (AvgIpc) is 2.92. The van der Waals surface area contributed by atoms with Crippen LogP contribution in [0.4, 0.5) is 0 Å². The molecule has 124 valence electrons. The fourth-order valence-electron chi connectivity index (χ4n) is 2.38. The number of aliphatic imine (C=N–C) groups is 1. The van der Waals surface area contributed by atoms with E-state index in [1.165, 1.54) is 26.4 Å². The van der Waals surface area contributed by atoms with E-state index >= 15 is 0 Å². The van der Waals surface area contributed by atoms with Gasteiger partial charge < -0.3 is 15.4 Å². The molecule has 2 N–H and O–H groups in total. The monoisotopic (exact) mass is 429 g/mol. The van der Waals surface area contributed by atoms with E-state index < -0.39 is 0 Å². The number of thioether (sulfide) groups is 1. The average molecular weight is 429 g/mol. The van der Waals surface area contributed by atoms with Gasteiger partial charge in [-0.25, -0.2) is 0 Å². The predicted octanol–water partition coefficient (Wildman–Crippen LogP) is 2.40. The van der Waals surface area contributed by atoms with Gasteiger partial charge in [0.25, 0.3) is 0 Å². The fraction of sp³-hybridized carbons (Fsp3) is 0.857. The standard InChI is InChI=1S/C14H27N3O2S.HI/c1-15-14(16-9-5-4-6-13(18)19-2)17-11-7-8-12(10-11)20-3;/h11-12H,4-10H2,1-3H3,(H2,15,16,17);1H.